The molecule has 80 valence electrons. The summed E-state index contributed by atoms with van der Waals surface area (Å²) >= 11 is 0. The SMILES string of the molecule is Cc1cc2c(cc1C)/C(=N/O)C(C)CO2. The van der Waals surface area contributed by atoms with Crippen LogP contribution in [-0.4, -0.2) is 17.5 Å². The summed E-state index contributed by atoms with van der Waals surface area (Å²) < 4.78 is 5.61. The summed E-state index contributed by atoms with van der Waals surface area (Å²) in [5.41, 5.74) is 4.02. The Morgan fingerprint density at radius 2 is 2.00 bits per heavy atom. The second-order valence-electron chi connectivity index (χ2n) is 4.13. The van der Waals surface area contributed by atoms with E-state index in [1.54, 1.807) is 0 Å². The van der Waals surface area contributed by atoms with E-state index in [1.807, 2.05) is 32.9 Å². The lowest BCUT2D eigenvalue weighted by Gasteiger charge is -2.24. The van der Waals surface area contributed by atoms with Crippen LogP contribution in [0.5, 0.6) is 5.75 Å². The molecule has 0 radical (unpaired) electrons. The molecule has 1 aromatic rings. The third-order valence-corrected chi connectivity index (χ3v) is 2.94. The highest BCUT2D eigenvalue weighted by molar-refractivity contribution is 6.05. The standard InChI is InChI=1S/C12H15NO2/c1-7-4-10-11(5-8(7)2)15-6-9(3)12(10)13-14/h4-5,9,14H,6H2,1-3H3/b13-12+. The fourth-order valence-corrected chi connectivity index (χ4v) is 1.82. The number of oxime groups is 1. The Hall–Kier alpha value is -1.51. The van der Waals surface area contributed by atoms with Crippen molar-refractivity contribution in [2.75, 3.05) is 6.61 Å². The molecule has 0 aliphatic carbocycles. The molecule has 0 aromatic heterocycles. The topological polar surface area (TPSA) is 41.8 Å². The molecule has 0 bridgehead atoms. The molecule has 0 spiro atoms. The summed E-state index contributed by atoms with van der Waals surface area (Å²) in [5.74, 6) is 0.966. The number of aryl methyl sites for hydroxylation is 2. The molecule has 3 heteroatoms. The van der Waals surface area contributed by atoms with Crippen molar-refractivity contribution in [3.63, 3.8) is 0 Å². The highest BCUT2D eigenvalue weighted by atomic mass is 16.5. The Kier molecular flexibility index (Phi) is 2.39. The maximum absolute atomic E-state index is 9.00. The summed E-state index contributed by atoms with van der Waals surface area (Å²) in [5, 5.41) is 12.4. The van der Waals surface area contributed by atoms with Crippen LogP contribution < -0.4 is 4.74 Å². The lowest BCUT2D eigenvalue weighted by molar-refractivity contribution is 0.268. The fraction of sp³-hybridized carbons (Fsp3) is 0.417. The number of hydrogen-bond acceptors (Lipinski definition) is 3. The zero-order valence-corrected chi connectivity index (χ0v) is 9.24. The van der Waals surface area contributed by atoms with Gasteiger partial charge in [0.2, 0.25) is 0 Å². The van der Waals surface area contributed by atoms with E-state index in [4.69, 9.17) is 9.94 Å². The Bertz CT molecular complexity index is 424. The van der Waals surface area contributed by atoms with Crippen molar-refractivity contribution in [3.8, 4) is 5.75 Å². The molecule has 1 N–H and O–H groups in total. The molecular formula is C12H15NO2. The molecule has 2 rings (SSSR count). The Balaban J connectivity index is 2.59. The van der Waals surface area contributed by atoms with Crippen LogP contribution in [0, 0.1) is 19.8 Å². The van der Waals surface area contributed by atoms with Gasteiger partial charge in [0.1, 0.15) is 5.75 Å². The van der Waals surface area contributed by atoms with Crippen LogP contribution in [0.1, 0.15) is 23.6 Å². The molecule has 3 nitrogen and oxygen atoms in total. The summed E-state index contributed by atoms with van der Waals surface area (Å²) in [6.07, 6.45) is 0. The molecule has 0 saturated heterocycles. The van der Waals surface area contributed by atoms with Crippen molar-refractivity contribution in [1.82, 2.24) is 0 Å². The largest absolute Gasteiger partial charge is 0.492 e. The van der Waals surface area contributed by atoms with Crippen molar-refractivity contribution in [1.29, 1.82) is 0 Å². The van der Waals surface area contributed by atoms with E-state index < -0.39 is 0 Å². The summed E-state index contributed by atoms with van der Waals surface area (Å²) in [6.45, 7) is 6.67. The molecule has 0 saturated carbocycles. The molecular weight excluding hydrogens is 190 g/mol. The molecule has 15 heavy (non-hydrogen) atoms. The van der Waals surface area contributed by atoms with Crippen LogP contribution in [0.4, 0.5) is 0 Å². The number of nitrogens with zero attached hydrogens (tertiary/aromatic N) is 1. The van der Waals surface area contributed by atoms with Crippen LogP contribution in [0.15, 0.2) is 17.3 Å². The van der Waals surface area contributed by atoms with Gasteiger partial charge in [0.25, 0.3) is 0 Å². The van der Waals surface area contributed by atoms with Gasteiger partial charge in [-0.1, -0.05) is 12.1 Å². The average Bonchev–Trinajstić information content (AvgIpc) is 2.21. The predicted molar refractivity (Wildman–Crippen MR) is 58.9 cm³/mol. The van der Waals surface area contributed by atoms with Crippen molar-refractivity contribution in [2.45, 2.75) is 20.8 Å². The molecule has 0 amide bonds. The summed E-state index contributed by atoms with van der Waals surface area (Å²) in [6, 6.07) is 4.02. The Morgan fingerprint density at radius 1 is 1.33 bits per heavy atom. The van der Waals surface area contributed by atoms with E-state index in [1.165, 1.54) is 11.1 Å². The van der Waals surface area contributed by atoms with Gasteiger partial charge in [-0.05, 0) is 37.1 Å². The zero-order valence-electron chi connectivity index (χ0n) is 9.24. The highest BCUT2D eigenvalue weighted by Gasteiger charge is 2.24. The summed E-state index contributed by atoms with van der Waals surface area (Å²) in [4.78, 5) is 0. The van der Waals surface area contributed by atoms with Crippen LogP contribution in [-0.2, 0) is 0 Å². The Morgan fingerprint density at radius 3 is 2.67 bits per heavy atom. The van der Waals surface area contributed by atoms with Crippen molar-refractivity contribution in [3.05, 3.63) is 28.8 Å². The first-order chi connectivity index (χ1) is 7.13. The normalized spacial score (nSPS) is 22.3. The fourth-order valence-electron chi connectivity index (χ4n) is 1.82. The molecule has 1 aromatic carbocycles. The minimum atomic E-state index is 0.143. The third kappa shape index (κ3) is 1.58. The molecule has 1 unspecified atom stereocenters. The van der Waals surface area contributed by atoms with Crippen LogP contribution >= 0.6 is 0 Å². The van der Waals surface area contributed by atoms with Gasteiger partial charge >= 0.3 is 0 Å². The van der Waals surface area contributed by atoms with Crippen molar-refractivity contribution in [2.24, 2.45) is 11.1 Å². The van der Waals surface area contributed by atoms with E-state index in [9.17, 15) is 0 Å². The molecule has 1 atom stereocenters. The van der Waals surface area contributed by atoms with E-state index in [2.05, 4.69) is 5.16 Å². The number of benzene rings is 1. The maximum atomic E-state index is 9.00. The lowest BCUT2D eigenvalue weighted by Crippen LogP contribution is -2.26. The number of hydrogen-bond donors (Lipinski definition) is 1. The zero-order chi connectivity index (χ0) is 11.0. The minimum Gasteiger partial charge on any atom is -0.492 e. The van der Waals surface area contributed by atoms with Crippen LogP contribution in [0.25, 0.3) is 0 Å². The maximum Gasteiger partial charge on any atom is 0.128 e. The lowest BCUT2D eigenvalue weighted by atomic mass is 9.93. The molecule has 1 heterocycles. The number of ether oxygens (including phenoxy) is 1. The van der Waals surface area contributed by atoms with Gasteiger partial charge in [0.05, 0.1) is 12.3 Å². The molecule has 1 aliphatic rings. The molecule has 0 fully saturated rings. The van der Waals surface area contributed by atoms with E-state index in [0.29, 0.717) is 6.61 Å². The number of rotatable bonds is 0. The first-order valence-corrected chi connectivity index (χ1v) is 5.10. The minimum absolute atomic E-state index is 0.143. The first kappa shape index (κ1) is 10.0. The van der Waals surface area contributed by atoms with Gasteiger partial charge in [-0.25, -0.2) is 0 Å². The average molecular weight is 205 g/mol. The van der Waals surface area contributed by atoms with Crippen LogP contribution in [0.2, 0.25) is 0 Å². The quantitative estimate of drug-likeness (QED) is 0.522. The van der Waals surface area contributed by atoms with Gasteiger partial charge in [0, 0.05) is 11.5 Å². The van der Waals surface area contributed by atoms with Gasteiger partial charge in [-0.2, -0.15) is 0 Å². The highest BCUT2D eigenvalue weighted by Crippen LogP contribution is 2.30. The van der Waals surface area contributed by atoms with Gasteiger partial charge in [-0.15, -0.1) is 0 Å². The number of fused-ring (bicyclic) bond motifs is 1. The van der Waals surface area contributed by atoms with E-state index >= 15 is 0 Å². The van der Waals surface area contributed by atoms with Crippen molar-refractivity contribution >= 4 is 5.71 Å². The summed E-state index contributed by atoms with van der Waals surface area (Å²) in [7, 11) is 0. The molecule has 1 aliphatic heterocycles. The second kappa shape index (κ2) is 3.57. The van der Waals surface area contributed by atoms with E-state index in [-0.39, 0.29) is 5.92 Å². The Labute approximate surface area is 89.4 Å². The predicted octanol–water partition coefficient (Wildman–Crippen LogP) is 2.51. The van der Waals surface area contributed by atoms with Gasteiger partial charge in [0.15, 0.2) is 0 Å². The van der Waals surface area contributed by atoms with E-state index in [0.717, 1.165) is 17.0 Å². The first-order valence-electron chi connectivity index (χ1n) is 5.10. The van der Waals surface area contributed by atoms with Crippen molar-refractivity contribution < 1.29 is 9.94 Å². The second-order valence-corrected chi connectivity index (χ2v) is 4.13. The van der Waals surface area contributed by atoms with Gasteiger partial charge < -0.3 is 9.94 Å². The smallest absolute Gasteiger partial charge is 0.128 e. The monoisotopic (exact) mass is 205 g/mol. The van der Waals surface area contributed by atoms with Crippen LogP contribution in [0.3, 0.4) is 0 Å². The third-order valence-electron chi connectivity index (χ3n) is 2.94. The van der Waals surface area contributed by atoms with Gasteiger partial charge in [-0.3, -0.25) is 0 Å².